The zero-order valence-electron chi connectivity index (χ0n) is 20.3. The van der Waals surface area contributed by atoms with E-state index in [0.29, 0.717) is 28.0 Å². The minimum Gasteiger partial charge on any atom is -0.453 e. The lowest BCUT2D eigenvalue weighted by atomic mass is 10.1. The van der Waals surface area contributed by atoms with Gasteiger partial charge in [-0.15, -0.1) is 11.8 Å². The molecule has 200 valence electrons. The average molecular weight is 579 g/mol. The predicted octanol–water partition coefficient (Wildman–Crippen LogP) is 6.54. The molecule has 3 aromatic rings. The largest absolute Gasteiger partial charge is 0.453 e. The van der Waals surface area contributed by atoms with Crippen LogP contribution in [0.3, 0.4) is 0 Å². The monoisotopic (exact) mass is 578 g/mol. The Morgan fingerprint density at radius 2 is 1.97 bits per heavy atom. The molecular formula is C25H25ClF2N6O2S2. The Balaban J connectivity index is 1.94. The van der Waals surface area contributed by atoms with E-state index >= 15 is 0 Å². The number of ether oxygens (including phenoxy) is 1. The molecular weight excluding hydrogens is 554 g/mol. The van der Waals surface area contributed by atoms with E-state index < -0.39 is 11.6 Å². The molecule has 0 atom stereocenters. The molecule has 0 spiro atoms. The number of halogens is 3. The standard InChI is InChI=1S/C25H25ClF2N6O2S2/c1-3-37-14-24(30)33-38-34(35)21-12-16(26)23(13-18(21)28)36-22-9-8-19(15-6-4-5-7-17(15)27)32-25(22)20(31-2)10-11-29/h4-14,29,31,33,35H,3,30H2,1-2H3/b20-10-,24-14-,29-11?. The fraction of sp³-hybridized carbons (Fsp3) is 0.120. The summed E-state index contributed by atoms with van der Waals surface area (Å²) < 4.78 is 38.5. The number of thioether (sulfide) groups is 1. The van der Waals surface area contributed by atoms with Crippen LogP contribution in [0, 0.1) is 17.0 Å². The van der Waals surface area contributed by atoms with E-state index in [0.717, 1.165) is 18.0 Å². The molecule has 0 amide bonds. The highest BCUT2D eigenvalue weighted by atomic mass is 35.5. The van der Waals surface area contributed by atoms with Crippen LogP contribution in [0.4, 0.5) is 14.5 Å². The molecule has 1 aromatic heterocycles. The van der Waals surface area contributed by atoms with Gasteiger partial charge in [-0.3, -0.25) is 9.93 Å². The number of nitrogens with zero attached hydrogens (tertiary/aromatic N) is 2. The summed E-state index contributed by atoms with van der Waals surface area (Å²) in [6, 6.07) is 11.5. The van der Waals surface area contributed by atoms with Crippen LogP contribution in [-0.4, -0.2) is 29.2 Å². The second kappa shape index (κ2) is 13.9. The number of aromatic nitrogens is 1. The maximum Gasteiger partial charge on any atom is 0.155 e. The summed E-state index contributed by atoms with van der Waals surface area (Å²) in [5, 5.41) is 22.3. The van der Waals surface area contributed by atoms with E-state index in [2.05, 4.69) is 15.0 Å². The van der Waals surface area contributed by atoms with Crippen LogP contribution < -0.4 is 25.0 Å². The van der Waals surface area contributed by atoms with Gasteiger partial charge in [0.1, 0.15) is 28.8 Å². The van der Waals surface area contributed by atoms with Gasteiger partial charge < -0.3 is 21.2 Å². The number of pyridine rings is 1. The van der Waals surface area contributed by atoms with E-state index in [1.807, 2.05) is 6.92 Å². The van der Waals surface area contributed by atoms with Crippen molar-refractivity contribution >= 4 is 53.1 Å². The van der Waals surface area contributed by atoms with Crippen molar-refractivity contribution in [2.75, 3.05) is 17.3 Å². The van der Waals surface area contributed by atoms with Gasteiger partial charge >= 0.3 is 0 Å². The first-order valence-corrected chi connectivity index (χ1v) is 13.3. The first kappa shape index (κ1) is 29.1. The van der Waals surface area contributed by atoms with Gasteiger partial charge in [0.2, 0.25) is 0 Å². The zero-order valence-corrected chi connectivity index (χ0v) is 22.7. The Kier molecular flexibility index (Phi) is 10.7. The summed E-state index contributed by atoms with van der Waals surface area (Å²) in [5.74, 6) is -0.0606. The van der Waals surface area contributed by atoms with E-state index in [4.69, 9.17) is 27.5 Å². The number of hydrogen-bond acceptors (Lipinski definition) is 10. The van der Waals surface area contributed by atoms with Crippen LogP contribution in [0.2, 0.25) is 5.02 Å². The third-order valence-corrected chi connectivity index (χ3v) is 6.58. The quantitative estimate of drug-likeness (QED) is 0.0926. The molecule has 0 aliphatic carbocycles. The summed E-state index contributed by atoms with van der Waals surface area (Å²) in [5.41, 5.74) is 6.79. The van der Waals surface area contributed by atoms with Crippen molar-refractivity contribution in [1.82, 2.24) is 15.0 Å². The average Bonchev–Trinajstić information content (AvgIpc) is 2.91. The summed E-state index contributed by atoms with van der Waals surface area (Å²) in [7, 11) is 1.63. The smallest absolute Gasteiger partial charge is 0.155 e. The van der Waals surface area contributed by atoms with Crippen molar-refractivity contribution < 1.29 is 18.7 Å². The SMILES string of the molecule is CCS/C=C(/N)NSN(O)c1cc(Cl)c(Oc2ccc(-c3ccccc3F)nc2/C(=C/C=N)NC)cc1F. The molecule has 0 saturated heterocycles. The second-order valence-electron chi connectivity index (χ2n) is 7.35. The molecule has 6 N–H and O–H groups in total. The summed E-state index contributed by atoms with van der Waals surface area (Å²) in [4.78, 5) is 4.54. The summed E-state index contributed by atoms with van der Waals surface area (Å²) in [6.45, 7) is 1.96. The minimum absolute atomic E-state index is 0.00252. The van der Waals surface area contributed by atoms with Crippen LogP contribution >= 0.6 is 35.5 Å². The molecule has 2 aromatic carbocycles. The number of benzene rings is 2. The lowest BCUT2D eigenvalue weighted by Crippen LogP contribution is -2.21. The van der Waals surface area contributed by atoms with E-state index in [1.165, 1.54) is 30.0 Å². The third-order valence-electron chi connectivity index (χ3n) is 4.84. The van der Waals surface area contributed by atoms with Crippen LogP contribution in [0.5, 0.6) is 11.5 Å². The van der Waals surface area contributed by atoms with Crippen molar-refractivity contribution in [3.8, 4) is 22.8 Å². The Bertz CT molecular complexity index is 1360. The third kappa shape index (κ3) is 7.32. The fourth-order valence-corrected chi connectivity index (χ4v) is 4.27. The second-order valence-corrected chi connectivity index (χ2v) is 9.64. The number of anilines is 1. The van der Waals surface area contributed by atoms with Crippen molar-refractivity contribution in [3.05, 3.63) is 88.2 Å². The van der Waals surface area contributed by atoms with Gasteiger partial charge in [0.15, 0.2) is 11.6 Å². The molecule has 0 fully saturated rings. The van der Waals surface area contributed by atoms with Crippen molar-refractivity contribution in [3.63, 3.8) is 0 Å². The Labute approximate surface area is 232 Å². The number of nitrogens with two attached hydrogens (primary N) is 1. The fourth-order valence-electron chi connectivity index (χ4n) is 3.11. The van der Waals surface area contributed by atoms with Crippen LogP contribution in [0.1, 0.15) is 12.6 Å². The van der Waals surface area contributed by atoms with Crippen LogP contribution in [0.15, 0.2) is 65.8 Å². The molecule has 13 heteroatoms. The Morgan fingerprint density at radius 3 is 2.66 bits per heavy atom. The maximum absolute atomic E-state index is 14.9. The van der Waals surface area contributed by atoms with Crippen molar-refractivity contribution in [2.45, 2.75) is 6.92 Å². The van der Waals surface area contributed by atoms with Gasteiger partial charge in [-0.25, -0.2) is 13.8 Å². The molecule has 1 heterocycles. The van der Waals surface area contributed by atoms with Crippen LogP contribution in [0.25, 0.3) is 17.0 Å². The number of hydrogen-bond donors (Lipinski definition) is 5. The highest BCUT2D eigenvalue weighted by Gasteiger charge is 2.19. The molecule has 8 nitrogen and oxygen atoms in total. The van der Waals surface area contributed by atoms with Gasteiger partial charge in [0, 0.05) is 30.3 Å². The van der Waals surface area contributed by atoms with Gasteiger partial charge in [-0.05, 0) is 42.2 Å². The van der Waals surface area contributed by atoms with E-state index in [-0.39, 0.29) is 39.3 Å². The number of nitrogens with one attached hydrogen (secondary N) is 3. The number of allylic oxidation sites excluding steroid dienone is 1. The van der Waals surface area contributed by atoms with Gasteiger partial charge in [0.25, 0.3) is 0 Å². The first-order valence-electron chi connectivity index (χ1n) is 11.1. The lowest BCUT2D eigenvalue weighted by Gasteiger charge is -2.19. The molecule has 0 saturated carbocycles. The van der Waals surface area contributed by atoms with Crippen molar-refractivity contribution in [2.24, 2.45) is 5.73 Å². The maximum atomic E-state index is 14.9. The topological polar surface area (TPSA) is 120 Å². The lowest BCUT2D eigenvalue weighted by molar-refractivity contribution is 0.326. The molecule has 0 radical (unpaired) electrons. The van der Waals surface area contributed by atoms with Gasteiger partial charge in [0.05, 0.1) is 28.5 Å². The van der Waals surface area contributed by atoms with E-state index in [1.54, 1.807) is 42.8 Å². The first-order chi connectivity index (χ1) is 18.3. The molecule has 0 aliphatic rings. The van der Waals surface area contributed by atoms with Crippen molar-refractivity contribution in [1.29, 1.82) is 5.41 Å². The highest BCUT2D eigenvalue weighted by molar-refractivity contribution is 8.02. The normalized spacial score (nSPS) is 11.7. The van der Waals surface area contributed by atoms with Gasteiger partial charge in [-0.2, -0.15) is 4.47 Å². The Morgan fingerprint density at radius 1 is 1.21 bits per heavy atom. The number of rotatable bonds is 12. The minimum atomic E-state index is -0.826. The van der Waals surface area contributed by atoms with E-state index in [9.17, 15) is 14.0 Å². The molecule has 0 aliphatic heterocycles. The molecule has 3 rings (SSSR count). The Hall–Kier alpha value is -3.45. The molecule has 38 heavy (non-hydrogen) atoms. The molecule has 0 bridgehead atoms. The predicted molar refractivity (Wildman–Crippen MR) is 152 cm³/mol. The molecule has 0 unspecified atom stereocenters. The zero-order chi connectivity index (χ0) is 27.7. The highest BCUT2D eigenvalue weighted by Crippen LogP contribution is 2.38. The summed E-state index contributed by atoms with van der Waals surface area (Å²) in [6.07, 6.45) is 2.50. The van der Waals surface area contributed by atoms with Gasteiger partial charge in [-0.1, -0.05) is 30.7 Å². The summed E-state index contributed by atoms with van der Waals surface area (Å²) >= 11 is 8.48. The van der Waals surface area contributed by atoms with Crippen LogP contribution in [-0.2, 0) is 0 Å².